The average Bonchev–Trinajstić information content (AvgIpc) is 3.28. The first-order valence-electron chi connectivity index (χ1n) is 7.91. The zero-order valence-corrected chi connectivity index (χ0v) is 15.4. The molecule has 0 spiro atoms. The van der Waals surface area contributed by atoms with E-state index >= 15 is 0 Å². The van der Waals surface area contributed by atoms with Gasteiger partial charge in [0.2, 0.25) is 5.88 Å². The minimum atomic E-state index is -0.131. The van der Waals surface area contributed by atoms with Crippen LogP contribution in [0.15, 0.2) is 62.0 Å². The van der Waals surface area contributed by atoms with Gasteiger partial charge in [-0.25, -0.2) is 0 Å². The van der Waals surface area contributed by atoms with Crippen LogP contribution in [0.1, 0.15) is 17.0 Å². The molecule has 6 heteroatoms. The maximum absolute atomic E-state index is 9.65. The van der Waals surface area contributed by atoms with Crippen molar-refractivity contribution < 1.29 is 4.74 Å². The van der Waals surface area contributed by atoms with Crippen LogP contribution in [-0.2, 0) is 4.74 Å². The lowest BCUT2D eigenvalue weighted by molar-refractivity contribution is 0.251. The Bertz CT molecular complexity index is 915. The van der Waals surface area contributed by atoms with Gasteiger partial charge in [-0.15, -0.1) is 0 Å². The van der Waals surface area contributed by atoms with Crippen LogP contribution >= 0.6 is 22.7 Å². The monoisotopic (exact) mass is 367 g/mol. The van der Waals surface area contributed by atoms with Crippen molar-refractivity contribution >= 4 is 28.7 Å². The molecule has 4 heterocycles. The molecule has 2 N–H and O–H groups in total. The molecule has 2 aromatic heterocycles. The van der Waals surface area contributed by atoms with E-state index in [9.17, 15) is 5.26 Å². The highest BCUT2D eigenvalue weighted by molar-refractivity contribution is 7.08. The third-order valence-corrected chi connectivity index (χ3v) is 5.86. The highest BCUT2D eigenvalue weighted by atomic mass is 32.1. The largest absolute Gasteiger partial charge is 0.440 e. The number of hydrogen-bond donors (Lipinski definition) is 1. The molecular weight excluding hydrogens is 350 g/mol. The standard InChI is InChI=1S/C19H17N3OS2/c1-22-8-14(6-12-2-4-24-10-12)18-16(9-22)17(13-3-5-25-11-13)15(7-20)19(21)23-18/h2-6,10-11,17H,8-9,21H2,1H3/b14-6-/t17-/m1/s1. The van der Waals surface area contributed by atoms with Gasteiger partial charge in [0.1, 0.15) is 17.4 Å². The highest BCUT2D eigenvalue weighted by Crippen LogP contribution is 2.43. The third-order valence-electron chi connectivity index (χ3n) is 4.46. The first kappa shape index (κ1) is 16.2. The fourth-order valence-electron chi connectivity index (χ4n) is 3.42. The predicted octanol–water partition coefficient (Wildman–Crippen LogP) is 3.90. The van der Waals surface area contributed by atoms with E-state index in [-0.39, 0.29) is 11.8 Å². The predicted molar refractivity (Wildman–Crippen MR) is 102 cm³/mol. The minimum Gasteiger partial charge on any atom is -0.440 e. The van der Waals surface area contributed by atoms with Gasteiger partial charge in [0.25, 0.3) is 0 Å². The van der Waals surface area contributed by atoms with Gasteiger partial charge in [-0.05, 0) is 63.5 Å². The molecule has 0 fully saturated rings. The van der Waals surface area contributed by atoms with E-state index in [2.05, 4.69) is 52.4 Å². The Hall–Kier alpha value is -2.33. The van der Waals surface area contributed by atoms with E-state index < -0.39 is 0 Å². The van der Waals surface area contributed by atoms with Crippen molar-refractivity contribution in [2.45, 2.75) is 5.92 Å². The van der Waals surface area contributed by atoms with Gasteiger partial charge in [-0.2, -0.15) is 27.9 Å². The second-order valence-corrected chi connectivity index (χ2v) is 7.79. The number of hydrogen-bond acceptors (Lipinski definition) is 6. The van der Waals surface area contributed by atoms with Crippen molar-refractivity contribution in [3.8, 4) is 6.07 Å². The number of nitrogens with zero attached hydrogens (tertiary/aromatic N) is 2. The van der Waals surface area contributed by atoms with E-state index in [4.69, 9.17) is 10.5 Å². The summed E-state index contributed by atoms with van der Waals surface area (Å²) in [5.74, 6) is 0.920. The Morgan fingerprint density at radius 2 is 2.08 bits per heavy atom. The first-order chi connectivity index (χ1) is 12.2. The summed E-state index contributed by atoms with van der Waals surface area (Å²) in [4.78, 5) is 2.25. The number of allylic oxidation sites excluding steroid dienone is 1. The SMILES string of the molecule is CN1CC2=C(OC(N)=C(C#N)[C@H]2c2ccsc2)/C(=C\c2ccsc2)C1. The number of nitriles is 1. The van der Waals surface area contributed by atoms with Crippen molar-refractivity contribution in [1.82, 2.24) is 4.90 Å². The molecule has 2 aliphatic rings. The lowest BCUT2D eigenvalue weighted by Crippen LogP contribution is -2.35. The van der Waals surface area contributed by atoms with Crippen LogP contribution < -0.4 is 5.73 Å². The Morgan fingerprint density at radius 1 is 1.28 bits per heavy atom. The summed E-state index contributed by atoms with van der Waals surface area (Å²) in [6.45, 7) is 1.55. The Labute approximate surface area is 154 Å². The molecule has 0 aromatic carbocycles. The first-order valence-corrected chi connectivity index (χ1v) is 9.80. The molecule has 0 bridgehead atoms. The lowest BCUT2D eigenvalue weighted by atomic mass is 9.81. The van der Waals surface area contributed by atoms with Crippen LogP contribution in [0, 0.1) is 11.3 Å². The zero-order valence-electron chi connectivity index (χ0n) is 13.7. The van der Waals surface area contributed by atoms with Crippen LogP contribution in [-0.4, -0.2) is 25.0 Å². The molecule has 2 aromatic rings. The molecule has 1 atom stereocenters. The fraction of sp³-hybridized carbons (Fsp3) is 0.211. The fourth-order valence-corrected chi connectivity index (χ4v) is 4.72. The molecule has 0 amide bonds. The molecule has 25 heavy (non-hydrogen) atoms. The zero-order chi connectivity index (χ0) is 17.4. The van der Waals surface area contributed by atoms with Gasteiger partial charge in [0, 0.05) is 18.7 Å². The second kappa shape index (κ2) is 6.52. The van der Waals surface area contributed by atoms with Gasteiger partial charge in [0.15, 0.2) is 0 Å². The average molecular weight is 367 g/mol. The van der Waals surface area contributed by atoms with E-state index in [0.29, 0.717) is 5.57 Å². The summed E-state index contributed by atoms with van der Waals surface area (Å²) in [6.07, 6.45) is 2.15. The van der Waals surface area contributed by atoms with Crippen molar-refractivity contribution in [3.05, 3.63) is 73.1 Å². The van der Waals surface area contributed by atoms with Crippen molar-refractivity contribution in [3.63, 3.8) is 0 Å². The van der Waals surface area contributed by atoms with Gasteiger partial charge in [-0.1, -0.05) is 0 Å². The molecule has 126 valence electrons. The summed E-state index contributed by atoms with van der Waals surface area (Å²) in [6, 6.07) is 6.42. The van der Waals surface area contributed by atoms with E-state index in [1.165, 1.54) is 0 Å². The number of thiophene rings is 2. The molecule has 0 aliphatic carbocycles. The van der Waals surface area contributed by atoms with Crippen molar-refractivity contribution in [1.29, 1.82) is 5.26 Å². The number of nitrogens with two attached hydrogens (primary N) is 1. The maximum atomic E-state index is 9.65. The number of rotatable bonds is 2. The molecule has 0 saturated carbocycles. The molecule has 0 saturated heterocycles. The second-order valence-electron chi connectivity index (χ2n) is 6.23. The van der Waals surface area contributed by atoms with Crippen LogP contribution in [0.2, 0.25) is 0 Å². The highest BCUT2D eigenvalue weighted by Gasteiger charge is 2.37. The van der Waals surface area contributed by atoms with Crippen molar-refractivity contribution in [2.24, 2.45) is 5.73 Å². The summed E-state index contributed by atoms with van der Waals surface area (Å²) in [7, 11) is 2.09. The van der Waals surface area contributed by atoms with E-state index in [1.807, 2.05) is 5.38 Å². The normalized spacial score (nSPS) is 22.7. The topological polar surface area (TPSA) is 62.3 Å². The van der Waals surface area contributed by atoms with E-state index in [0.717, 1.165) is 41.1 Å². The van der Waals surface area contributed by atoms with Crippen LogP contribution in [0.3, 0.4) is 0 Å². The quantitative estimate of drug-likeness (QED) is 0.874. The van der Waals surface area contributed by atoms with E-state index in [1.54, 1.807) is 22.7 Å². The molecule has 4 rings (SSSR count). The number of ether oxygens (including phenoxy) is 1. The van der Waals surface area contributed by atoms with Gasteiger partial charge in [-0.3, -0.25) is 4.90 Å². The molecule has 2 aliphatic heterocycles. The van der Waals surface area contributed by atoms with Gasteiger partial charge < -0.3 is 10.5 Å². The minimum absolute atomic E-state index is 0.131. The van der Waals surface area contributed by atoms with Crippen molar-refractivity contribution in [2.75, 3.05) is 20.1 Å². The number of likely N-dealkylation sites (N-methyl/N-ethyl adjacent to an activating group) is 1. The summed E-state index contributed by atoms with van der Waals surface area (Å²) in [5, 5.41) is 17.9. The lowest BCUT2D eigenvalue weighted by Gasteiger charge is -2.36. The smallest absolute Gasteiger partial charge is 0.205 e. The Morgan fingerprint density at radius 3 is 2.76 bits per heavy atom. The summed E-state index contributed by atoms with van der Waals surface area (Å²) >= 11 is 3.30. The summed E-state index contributed by atoms with van der Waals surface area (Å²) < 4.78 is 5.96. The Kier molecular flexibility index (Phi) is 4.22. The van der Waals surface area contributed by atoms with Crippen LogP contribution in [0.5, 0.6) is 0 Å². The van der Waals surface area contributed by atoms with Gasteiger partial charge >= 0.3 is 0 Å². The molecule has 0 radical (unpaired) electrons. The molecular formula is C19H17N3OS2. The summed E-state index contributed by atoms with van der Waals surface area (Å²) in [5.41, 5.74) is 11.1. The Balaban J connectivity index is 1.87. The third kappa shape index (κ3) is 2.91. The molecule has 0 unspecified atom stereocenters. The van der Waals surface area contributed by atoms with Crippen LogP contribution in [0.25, 0.3) is 6.08 Å². The molecule has 4 nitrogen and oxygen atoms in total. The van der Waals surface area contributed by atoms with Gasteiger partial charge in [0.05, 0.1) is 5.92 Å². The van der Waals surface area contributed by atoms with Crippen LogP contribution in [0.4, 0.5) is 0 Å². The maximum Gasteiger partial charge on any atom is 0.205 e.